The molecule has 0 aliphatic heterocycles. The minimum absolute atomic E-state index is 0.190. The van der Waals surface area contributed by atoms with E-state index in [1.807, 2.05) is 11.8 Å². The fourth-order valence-electron chi connectivity index (χ4n) is 1.92. The van der Waals surface area contributed by atoms with Crippen LogP contribution in [0.3, 0.4) is 0 Å². The fourth-order valence-corrected chi connectivity index (χ4v) is 2.41. The van der Waals surface area contributed by atoms with Gasteiger partial charge in [0.2, 0.25) is 0 Å². The zero-order valence-corrected chi connectivity index (χ0v) is 12.6. The first-order valence-corrected chi connectivity index (χ1v) is 8.18. The summed E-state index contributed by atoms with van der Waals surface area (Å²) in [5.41, 5.74) is 0.398. The van der Waals surface area contributed by atoms with Crippen molar-refractivity contribution in [2.45, 2.75) is 32.2 Å². The molecule has 0 bridgehead atoms. The minimum atomic E-state index is -0.955. The van der Waals surface area contributed by atoms with Gasteiger partial charge >= 0.3 is 5.97 Å². The largest absolute Gasteiger partial charge is 0.480 e. The molecule has 0 aliphatic carbocycles. The summed E-state index contributed by atoms with van der Waals surface area (Å²) < 4.78 is 1.44. The summed E-state index contributed by atoms with van der Waals surface area (Å²) in [4.78, 5) is 22.6. The summed E-state index contributed by atoms with van der Waals surface area (Å²) in [7, 11) is 0. The van der Waals surface area contributed by atoms with Crippen LogP contribution in [0.15, 0.2) is 18.3 Å². The quantitative estimate of drug-likeness (QED) is 0.650. The maximum atomic E-state index is 11.9. The van der Waals surface area contributed by atoms with Gasteiger partial charge in [-0.1, -0.05) is 12.8 Å². The molecule has 1 heterocycles. The third-order valence-electron chi connectivity index (χ3n) is 2.93. The van der Waals surface area contributed by atoms with Crippen LogP contribution in [0.2, 0.25) is 0 Å². The second kappa shape index (κ2) is 9.47. The number of rotatable bonds is 10. The number of hydrogen-bond donors (Lipinski definition) is 2. The molecule has 0 saturated heterocycles. The second-order valence-electron chi connectivity index (χ2n) is 4.58. The number of carboxylic acids is 1. The van der Waals surface area contributed by atoms with Crippen molar-refractivity contribution in [3.05, 3.63) is 24.0 Å². The zero-order valence-electron chi connectivity index (χ0n) is 11.8. The van der Waals surface area contributed by atoms with Crippen LogP contribution < -0.4 is 5.32 Å². The molecule has 112 valence electrons. The van der Waals surface area contributed by atoms with Gasteiger partial charge in [0.15, 0.2) is 0 Å². The molecule has 0 aromatic carbocycles. The van der Waals surface area contributed by atoms with Crippen molar-refractivity contribution < 1.29 is 14.7 Å². The van der Waals surface area contributed by atoms with Gasteiger partial charge in [-0.15, -0.1) is 0 Å². The molecule has 0 unspecified atom stereocenters. The van der Waals surface area contributed by atoms with Crippen molar-refractivity contribution in [1.29, 1.82) is 0 Å². The van der Waals surface area contributed by atoms with E-state index in [9.17, 15) is 9.59 Å². The highest BCUT2D eigenvalue weighted by atomic mass is 32.2. The lowest BCUT2D eigenvalue weighted by Gasteiger charge is -2.08. The van der Waals surface area contributed by atoms with Gasteiger partial charge in [-0.2, -0.15) is 11.8 Å². The molecule has 0 aliphatic rings. The van der Waals surface area contributed by atoms with Crippen LogP contribution in [0.4, 0.5) is 0 Å². The van der Waals surface area contributed by atoms with Crippen molar-refractivity contribution in [3.8, 4) is 0 Å². The van der Waals surface area contributed by atoms with Crippen LogP contribution in [0.1, 0.15) is 36.2 Å². The topological polar surface area (TPSA) is 71.3 Å². The van der Waals surface area contributed by atoms with Gasteiger partial charge in [0.25, 0.3) is 5.91 Å². The van der Waals surface area contributed by atoms with Gasteiger partial charge in [0.1, 0.15) is 12.2 Å². The number of amides is 1. The highest BCUT2D eigenvalue weighted by Gasteiger charge is 2.11. The number of carbonyl (C=O) groups is 2. The van der Waals surface area contributed by atoms with E-state index in [1.54, 1.807) is 18.3 Å². The molecule has 5 nitrogen and oxygen atoms in total. The number of aromatic nitrogens is 1. The van der Waals surface area contributed by atoms with Gasteiger partial charge in [-0.3, -0.25) is 9.59 Å². The van der Waals surface area contributed by atoms with E-state index in [4.69, 9.17) is 5.11 Å². The van der Waals surface area contributed by atoms with Gasteiger partial charge in [-0.25, -0.2) is 0 Å². The van der Waals surface area contributed by atoms with Crippen LogP contribution >= 0.6 is 11.8 Å². The van der Waals surface area contributed by atoms with E-state index >= 15 is 0 Å². The molecule has 2 N–H and O–H groups in total. The molecule has 1 aromatic heterocycles. The Labute approximate surface area is 123 Å². The van der Waals surface area contributed by atoms with E-state index in [0.29, 0.717) is 12.2 Å². The van der Waals surface area contributed by atoms with Crippen molar-refractivity contribution >= 4 is 23.6 Å². The molecular formula is C14H22N2O3S. The Morgan fingerprint density at radius 1 is 1.30 bits per heavy atom. The van der Waals surface area contributed by atoms with Gasteiger partial charge in [0, 0.05) is 12.7 Å². The van der Waals surface area contributed by atoms with Crippen LogP contribution in [0.25, 0.3) is 0 Å². The molecule has 1 aromatic rings. The Kier molecular flexibility index (Phi) is 7.87. The molecule has 0 atom stereocenters. The van der Waals surface area contributed by atoms with E-state index in [0.717, 1.165) is 12.8 Å². The summed E-state index contributed by atoms with van der Waals surface area (Å²) in [6.07, 6.45) is 8.18. The van der Waals surface area contributed by atoms with Gasteiger partial charge in [-0.05, 0) is 37.0 Å². The Bertz CT molecular complexity index is 432. The molecule has 0 saturated carbocycles. The summed E-state index contributed by atoms with van der Waals surface area (Å²) in [6.45, 7) is 0.445. The number of hydrogen-bond acceptors (Lipinski definition) is 3. The van der Waals surface area contributed by atoms with Crippen molar-refractivity contribution in [2.24, 2.45) is 0 Å². The highest BCUT2D eigenvalue weighted by Crippen LogP contribution is 2.05. The average molecular weight is 298 g/mol. The lowest BCUT2D eigenvalue weighted by Crippen LogP contribution is -2.27. The number of nitrogens with zero attached hydrogens (tertiary/aromatic N) is 1. The average Bonchev–Trinajstić information content (AvgIpc) is 2.84. The Morgan fingerprint density at radius 2 is 2.05 bits per heavy atom. The van der Waals surface area contributed by atoms with Gasteiger partial charge in [0.05, 0.1) is 0 Å². The summed E-state index contributed by atoms with van der Waals surface area (Å²) >= 11 is 1.85. The third kappa shape index (κ3) is 6.14. The summed E-state index contributed by atoms with van der Waals surface area (Å²) in [5.74, 6) is 0.0270. The Hall–Kier alpha value is -1.43. The summed E-state index contributed by atoms with van der Waals surface area (Å²) in [5, 5.41) is 11.6. The maximum Gasteiger partial charge on any atom is 0.323 e. The fraction of sp³-hybridized carbons (Fsp3) is 0.571. The molecule has 6 heteroatoms. The van der Waals surface area contributed by atoms with Gasteiger partial charge < -0.3 is 15.0 Å². The molecule has 0 fully saturated rings. The normalized spacial score (nSPS) is 10.4. The zero-order chi connectivity index (χ0) is 14.8. The van der Waals surface area contributed by atoms with E-state index in [1.165, 1.54) is 23.2 Å². The van der Waals surface area contributed by atoms with E-state index < -0.39 is 5.97 Å². The maximum absolute atomic E-state index is 11.9. The smallest absolute Gasteiger partial charge is 0.323 e. The SMILES string of the molecule is CSCCCCCCNC(=O)c1cccn1CC(=O)O. The molecular weight excluding hydrogens is 276 g/mol. The molecule has 20 heavy (non-hydrogen) atoms. The van der Waals surface area contributed by atoms with Crippen molar-refractivity contribution in [3.63, 3.8) is 0 Å². The van der Waals surface area contributed by atoms with Crippen LogP contribution in [-0.2, 0) is 11.3 Å². The standard InChI is InChI=1S/C14H22N2O3S/c1-20-10-5-3-2-4-8-15-14(19)12-7-6-9-16(12)11-13(17)18/h6-7,9H,2-5,8,10-11H2,1H3,(H,15,19)(H,17,18). The molecule has 0 radical (unpaired) electrons. The first-order chi connectivity index (χ1) is 9.65. The number of unbranched alkanes of at least 4 members (excludes halogenated alkanes) is 3. The minimum Gasteiger partial charge on any atom is -0.480 e. The first kappa shape index (κ1) is 16.6. The van der Waals surface area contributed by atoms with E-state index in [-0.39, 0.29) is 12.5 Å². The molecule has 1 rings (SSSR count). The number of nitrogens with one attached hydrogen (secondary N) is 1. The number of carbonyl (C=O) groups excluding carboxylic acids is 1. The number of aliphatic carboxylic acids is 1. The Balaban J connectivity index is 2.26. The predicted octanol–water partition coefficient (Wildman–Crippen LogP) is 2.23. The van der Waals surface area contributed by atoms with Crippen molar-refractivity contribution in [2.75, 3.05) is 18.6 Å². The van der Waals surface area contributed by atoms with Crippen LogP contribution in [0, 0.1) is 0 Å². The van der Waals surface area contributed by atoms with E-state index in [2.05, 4.69) is 11.6 Å². The highest BCUT2D eigenvalue weighted by molar-refractivity contribution is 7.98. The second-order valence-corrected chi connectivity index (χ2v) is 5.56. The molecule has 0 spiro atoms. The van der Waals surface area contributed by atoms with Crippen LogP contribution in [-0.4, -0.2) is 40.1 Å². The third-order valence-corrected chi connectivity index (χ3v) is 3.63. The number of thioether (sulfide) groups is 1. The van der Waals surface area contributed by atoms with Crippen molar-refractivity contribution in [1.82, 2.24) is 9.88 Å². The predicted molar refractivity (Wildman–Crippen MR) is 81.3 cm³/mol. The monoisotopic (exact) mass is 298 g/mol. The first-order valence-electron chi connectivity index (χ1n) is 6.79. The lowest BCUT2D eigenvalue weighted by molar-refractivity contribution is -0.137. The lowest BCUT2D eigenvalue weighted by atomic mass is 10.2. The molecule has 1 amide bonds. The summed E-state index contributed by atoms with van der Waals surface area (Å²) in [6, 6.07) is 3.32. The Morgan fingerprint density at radius 3 is 2.75 bits per heavy atom. The van der Waals surface area contributed by atoms with Crippen LogP contribution in [0.5, 0.6) is 0 Å². The number of carboxylic acid groups (broad SMARTS) is 1.